The molecule has 1 atom stereocenters. The quantitative estimate of drug-likeness (QED) is 0.456. The SMILES string of the molecule is [CH2]C(C)OC(C)=O. The van der Waals surface area contributed by atoms with Gasteiger partial charge >= 0.3 is 5.97 Å². The molecule has 41 valence electrons. The fraction of sp³-hybridized carbons (Fsp3) is 0.600. The van der Waals surface area contributed by atoms with Crippen LogP contribution >= 0.6 is 0 Å². The van der Waals surface area contributed by atoms with E-state index in [1.54, 1.807) is 6.92 Å². The topological polar surface area (TPSA) is 26.3 Å². The van der Waals surface area contributed by atoms with Crippen molar-refractivity contribution in [3.8, 4) is 0 Å². The van der Waals surface area contributed by atoms with E-state index >= 15 is 0 Å². The minimum Gasteiger partial charge on any atom is -0.463 e. The van der Waals surface area contributed by atoms with Crippen LogP contribution in [0.3, 0.4) is 0 Å². The molecule has 2 heteroatoms. The lowest BCUT2D eigenvalue weighted by molar-refractivity contribution is -0.143. The van der Waals surface area contributed by atoms with Crippen LogP contribution in [0.1, 0.15) is 13.8 Å². The molecule has 0 aromatic carbocycles. The molecule has 0 rings (SSSR count). The molecule has 1 radical (unpaired) electrons. The maximum atomic E-state index is 9.99. The van der Waals surface area contributed by atoms with Crippen LogP contribution in [-0.2, 0) is 9.53 Å². The molecule has 0 bridgehead atoms. The fourth-order valence-electron chi connectivity index (χ4n) is 0.283. The Hall–Kier alpha value is -0.530. The number of ether oxygens (including phenoxy) is 1. The van der Waals surface area contributed by atoms with E-state index in [1.807, 2.05) is 0 Å². The molecule has 0 aliphatic rings. The van der Waals surface area contributed by atoms with Crippen LogP contribution in [0.15, 0.2) is 0 Å². The van der Waals surface area contributed by atoms with Crippen molar-refractivity contribution in [3.05, 3.63) is 6.92 Å². The Morgan fingerprint density at radius 2 is 2.29 bits per heavy atom. The lowest BCUT2D eigenvalue weighted by atomic mass is 10.5. The molecule has 1 unspecified atom stereocenters. The van der Waals surface area contributed by atoms with Gasteiger partial charge in [-0.15, -0.1) is 0 Å². The van der Waals surface area contributed by atoms with Crippen LogP contribution in [0.4, 0.5) is 0 Å². The van der Waals surface area contributed by atoms with Gasteiger partial charge in [0.1, 0.15) is 0 Å². The van der Waals surface area contributed by atoms with Gasteiger partial charge in [0.25, 0.3) is 0 Å². The highest BCUT2D eigenvalue weighted by Crippen LogP contribution is 1.84. The van der Waals surface area contributed by atoms with Crippen LogP contribution < -0.4 is 0 Å². The fourth-order valence-corrected chi connectivity index (χ4v) is 0.283. The maximum absolute atomic E-state index is 9.99. The Morgan fingerprint density at radius 3 is 2.29 bits per heavy atom. The summed E-state index contributed by atoms with van der Waals surface area (Å²) in [6.45, 7) is 6.51. The van der Waals surface area contributed by atoms with Crippen molar-refractivity contribution < 1.29 is 9.53 Å². The van der Waals surface area contributed by atoms with Gasteiger partial charge in [0, 0.05) is 6.92 Å². The number of hydrogen-bond donors (Lipinski definition) is 0. The summed E-state index contributed by atoms with van der Waals surface area (Å²) in [5.41, 5.74) is 0. The third-order valence-electron chi connectivity index (χ3n) is 0.367. The lowest BCUT2D eigenvalue weighted by Crippen LogP contribution is -2.06. The molecule has 7 heavy (non-hydrogen) atoms. The minimum absolute atomic E-state index is 0.225. The van der Waals surface area contributed by atoms with E-state index < -0.39 is 0 Å². The van der Waals surface area contributed by atoms with Gasteiger partial charge in [-0.3, -0.25) is 4.79 Å². The first-order valence-electron chi connectivity index (χ1n) is 2.13. The smallest absolute Gasteiger partial charge is 0.302 e. The zero-order valence-corrected chi connectivity index (χ0v) is 4.60. The van der Waals surface area contributed by atoms with Crippen molar-refractivity contribution in [2.75, 3.05) is 0 Å². The second kappa shape index (κ2) is 2.61. The van der Waals surface area contributed by atoms with Crippen LogP contribution in [-0.4, -0.2) is 12.1 Å². The molecule has 0 aliphatic heterocycles. The molecule has 0 heterocycles. The van der Waals surface area contributed by atoms with Crippen LogP contribution in [0.25, 0.3) is 0 Å². The first-order chi connectivity index (χ1) is 3.13. The van der Waals surface area contributed by atoms with Crippen molar-refractivity contribution in [1.29, 1.82) is 0 Å². The molecule has 0 aromatic rings. The van der Waals surface area contributed by atoms with Crippen molar-refractivity contribution in [1.82, 2.24) is 0 Å². The maximum Gasteiger partial charge on any atom is 0.302 e. The molecule has 0 aliphatic carbocycles. The molecule has 0 aromatic heterocycles. The summed E-state index contributed by atoms with van der Waals surface area (Å²) >= 11 is 0. The normalized spacial score (nSPS) is 9.14. The summed E-state index contributed by atoms with van der Waals surface area (Å²) in [6.07, 6.45) is -0.225. The van der Waals surface area contributed by atoms with Gasteiger partial charge in [-0.2, -0.15) is 0 Å². The van der Waals surface area contributed by atoms with Crippen molar-refractivity contribution in [3.63, 3.8) is 0 Å². The Morgan fingerprint density at radius 1 is 1.86 bits per heavy atom. The third kappa shape index (κ3) is 5.47. The average Bonchev–Trinajstić information content (AvgIpc) is 1.27. The average molecular weight is 101 g/mol. The summed E-state index contributed by atoms with van der Waals surface area (Å²) in [5.74, 6) is -0.275. The van der Waals surface area contributed by atoms with Crippen molar-refractivity contribution in [2.24, 2.45) is 0 Å². The van der Waals surface area contributed by atoms with Gasteiger partial charge in [0.15, 0.2) is 0 Å². The predicted octanol–water partition coefficient (Wildman–Crippen LogP) is 0.772. The van der Waals surface area contributed by atoms with Crippen molar-refractivity contribution in [2.45, 2.75) is 20.0 Å². The van der Waals surface area contributed by atoms with E-state index in [4.69, 9.17) is 0 Å². The van der Waals surface area contributed by atoms with Gasteiger partial charge in [0.2, 0.25) is 0 Å². The first-order valence-corrected chi connectivity index (χ1v) is 2.13. The van der Waals surface area contributed by atoms with E-state index in [-0.39, 0.29) is 12.1 Å². The number of rotatable bonds is 1. The largest absolute Gasteiger partial charge is 0.463 e. The number of carbonyl (C=O) groups is 1. The summed E-state index contributed by atoms with van der Waals surface area (Å²) < 4.78 is 4.50. The third-order valence-corrected chi connectivity index (χ3v) is 0.367. The Kier molecular flexibility index (Phi) is 2.41. The Balaban J connectivity index is 3.13. The van der Waals surface area contributed by atoms with Gasteiger partial charge in [-0.05, 0) is 13.8 Å². The monoisotopic (exact) mass is 101 g/mol. The van der Waals surface area contributed by atoms with E-state index in [9.17, 15) is 4.79 Å². The van der Waals surface area contributed by atoms with E-state index in [0.29, 0.717) is 0 Å². The molecule has 0 saturated heterocycles. The highest BCUT2D eigenvalue weighted by molar-refractivity contribution is 5.66. The van der Waals surface area contributed by atoms with Gasteiger partial charge < -0.3 is 4.74 Å². The summed E-state index contributed by atoms with van der Waals surface area (Å²) in [4.78, 5) is 9.99. The standard InChI is InChI=1S/C5H9O2/c1-4(2)7-5(3)6/h4H,1H2,2-3H3. The Labute approximate surface area is 43.5 Å². The molecule has 0 spiro atoms. The van der Waals surface area contributed by atoms with Gasteiger partial charge in [-0.25, -0.2) is 0 Å². The second-order valence-electron chi connectivity index (χ2n) is 1.42. The number of carbonyl (C=O) groups excluding carboxylic acids is 1. The zero-order chi connectivity index (χ0) is 5.86. The van der Waals surface area contributed by atoms with Crippen LogP contribution in [0.2, 0.25) is 0 Å². The molecule has 0 fully saturated rings. The molecule has 0 amide bonds. The number of hydrogen-bond acceptors (Lipinski definition) is 2. The van der Waals surface area contributed by atoms with Crippen LogP contribution in [0.5, 0.6) is 0 Å². The first kappa shape index (κ1) is 6.47. The van der Waals surface area contributed by atoms with E-state index in [1.165, 1.54) is 6.92 Å². The summed E-state index contributed by atoms with van der Waals surface area (Å²) in [6, 6.07) is 0. The van der Waals surface area contributed by atoms with Gasteiger partial charge in [0.05, 0.1) is 6.10 Å². The molecule has 2 nitrogen and oxygen atoms in total. The molecular formula is C5H9O2. The summed E-state index contributed by atoms with van der Waals surface area (Å²) in [7, 11) is 0. The van der Waals surface area contributed by atoms with E-state index in [2.05, 4.69) is 11.7 Å². The minimum atomic E-state index is -0.275. The molecule has 0 N–H and O–H groups in total. The lowest BCUT2D eigenvalue weighted by Gasteiger charge is -2.01. The predicted molar refractivity (Wildman–Crippen MR) is 26.6 cm³/mol. The highest BCUT2D eigenvalue weighted by atomic mass is 16.5. The molecule has 0 saturated carbocycles. The van der Waals surface area contributed by atoms with Crippen molar-refractivity contribution >= 4 is 5.97 Å². The molecular weight excluding hydrogens is 92.1 g/mol. The Bertz CT molecular complexity index is 66.5. The zero-order valence-electron chi connectivity index (χ0n) is 4.60. The number of esters is 1. The second-order valence-corrected chi connectivity index (χ2v) is 1.42. The highest BCUT2D eigenvalue weighted by Gasteiger charge is 1.93. The van der Waals surface area contributed by atoms with E-state index in [0.717, 1.165) is 0 Å². The van der Waals surface area contributed by atoms with Crippen LogP contribution in [0, 0.1) is 6.92 Å². The summed E-state index contributed by atoms with van der Waals surface area (Å²) in [5, 5.41) is 0. The van der Waals surface area contributed by atoms with Gasteiger partial charge in [-0.1, -0.05) is 0 Å².